The van der Waals surface area contributed by atoms with Crippen molar-refractivity contribution in [3.63, 3.8) is 0 Å². The number of anilines is 8. The van der Waals surface area contributed by atoms with Gasteiger partial charge in [0.2, 0.25) is 0 Å². The van der Waals surface area contributed by atoms with Crippen molar-refractivity contribution in [2.75, 3.05) is 17.2 Å². The summed E-state index contributed by atoms with van der Waals surface area (Å²) < 4.78 is 10.9. The third kappa shape index (κ3) is 5.51. The van der Waals surface area contributed by atoms with E-state index in [1.807, 2.05) is 0 Å². The lowest BCUT2D eigenvalue weighted by atomic mass is 10.1. The molecule has 0 unspecified atom stereocenters. The van der Waals surface area contributed by atoms with Gasteiger partial charge in [-0.1, -0.05) is 24.3 Å². The Balaban J connectivity index is 1.65. The highest BCUT2D eigenvalue weighted by Crippen LogP contribution is 2.82. The largest absolute Gasteiger partial charge is 0.252 e. The van der Waals surface area contributed by atoms with Gasteiger partial charge in [0.25, 0.3) is 0 Å². The number of nitrogens with zero attached hydrogens (tertiary/aromatic N) is 4. The van der Waals surface area contributed by atoms with E-state index in [0.29, 0.717) is 0 Å². The highest BCUT2D eigenvalue weighted by molar-refractivity contribution is 8.39. The average molecular weight is 717 g/mol. The molecule has 0 aliphatic carbocycles. The lowest BCUT2D eigenvalue weighted by Crippen LogP contribution is -2.45. The van der Waals surface area contributed by atoms with Crippen LogP contribution in [-0.2, 0) is 0 Å². The summed E-state index contributed by atoms with van der Waals surface area (Å²) in [4.78, 5) is 0. The second kappa shape index (κ2) is 12.5. The van der Waals surface area contributed by atoms with Crippen LogP contribution in [0.3, 0.4) is 0 Å². The van der Waals surface area contributed by atoms with E-state index in [-0.39, 0.29) is 0 Å². The Hall–Kier alpha value is -5.13. The monoisotopic (exact) mass is 716 g/mol. The molecule has 0 saturated carbocycles. The van der Waals surface area contributed by atoms with Crippen molar-refractivity contribution >= 4 is 56.3 Å². The predicted molar refractivity (Wildman–Crippen MR) is 232 cm³/mol. The molecule has 270 valence electrons. The molecule has 0 aromatic heterocycles. The fourth-order valence-corrected chi connectivity index (χ4v) is 12.8. The molecule has 0 atom stereocenters. The number of fused-ring (bicyclic) bond motifs is 2. The van der Waals surface area contributed by atoms with E-state index in [9.17, 15) is 0 Å². The maximum atomic E-state index is 2.73. The topological polar surface area (TPSA) is 13.0 Å². The first-order valence-corrected chi connectivity index (χ1v) is 20.2. The van der Waals surface area contributed by atoms with Crippen LogP contribution in [-0.4, -0.2) is 0 Å². The Morgan fingerprint density at radius 1 is 0.245 bits per heavy atom. The van der Waals surface area contributed by atoms with E-state index in [0.717, 1.165) is 0 Å². The van der Waals surface area contributed by atoms with Crippen LogP contribution in [0.4, 0.5) is 45.5 Å². The van der Waals surface area contributed by atoms with Gasteiger partial charge in [-0.2, -0.15) is 0 Å². The molecule has 0 N–H and O–H groups in total. The van der Waals surface area contributed by atoms with Gasteiger partial charge in [0, 0.05) is 0 Å². The molecule has 5 heteroatoms. The summed E-state index contributed by atoms with van der Waals surface area (Å²) in [6.45, 7) is 26.9. The third-order valence-corrected chi connectivity index (χ3v) is 14.4. The molecule has 1 spiro atoms. The van der Waals surface area contributed by atoms with Crippen LogP contribution in [0.1, 0.15) is 66.8 Å². The summed E-state index contributed by atoms with van der Waals surface area (Å²) in [6, 6.07) is 38.1. The van der Waals surface area contributed by atoms with Crippen molar-refractivity contribution in [2.24, 2.45) is 0 Å². The summed E-state index contributed by atoms with van der Waals surface area (Å²) in [7, 11) is -2.49. The van der Waals surface area contributed by atoms with Gasteiger partial charge < -0.3 is 0 Å². The van der Waals surface area contributed by atoms with Crippen molar-refractivity contribution in [3.8, 4) is 0 Å². The Morgan fingerprint density at radius 3 is 0.585 bits per heavy atom. The number of aryl methyl sites for hydroxylation is 12. The minimum absolute atomic E-state index is 1.19. The Labute approximate surface area is 319 Å². The number of hydrogen-bond acceptors (Lipinski definition) is 4. The number of hydrogen-bond donors (Lipinski definition) is 0. The zero-order valence-electron chi connectivity index (χ0n) is 33.4. The molecule has 53 heavy (non-hydrogen) atoms. The van der Waals surface area contributed by atoms with E-state index in [1.165, 1.54) is 112 Å². The second-order valence-electron chi connectivity index (χ2n) is 15.9. The van der Waals surface area contributed by atoms with Crippen molar-refractivity contribution in [1.82, 2.24) is 0 Å². The minimum Gasteiger partial charge on any atom is -0.252 e. The van der Waals surface area contributed by atoms with E-state index in [4.69, 9.17) is 0 Å². The summed E-state index contributed by atoms with van der Waals surface area (Å²) >= 11 is 0. The maximum absolute atomic E-state index is 2.73. The molecular weight excluding hydrogens is 665 g/mol. The van der Waals surface area contributed by atoms with Gasteiger partial charge in [-0.3, -0.25) is 17.2 Å². The average Bonchev–Trinajstić information content (AvgIpc) is 3.47. The van der Waals surface area contributed by atoms with Crippen LogP contribution in [0.5, 0.6) is 0 Å². The van der Waals surface area contributed by atoms with Crippen LogP contribution in [0.25, 0.3) is 0 Å². The molecule has 0 amide bonds. The fraction of sp³-hybridized carbons (Fsp3) is 0.250. The van der Waals surface area contributed by atoms with Crippen LogP contribution >= 0.6 is 10.8 Å². The summed E-state index contributed by atoms with van der Waals surface area (Å²) in [5.74, 6) is 0. The molecule has 2 aliphatic rings. The molecular formula is C48H52N4S. The minimum atomic E-state index is -2.49. The summed E-state index contributed by atoms with van der Waals surface area (Å²) in [5.41, 5.74) is 24.8. The normalized spacial score (nSPS) is 15.0. The van der Waals surface area contributed by atoms with Crippen LogP contribution in [0.15, 0.2) is 97.1 Å². The predicted octanol–water partition coefficient (Wildman–Crippen LogP) is 14.1. The van der Waals surface area contributed by atoms with Crippen molar-refractivity contribution < 1.29 is 0 Å². The van der Waals surface area contributed by atoms with Crippen LogP contribution < -0.4 is 17.2 Å². The van der Waals surface area contributed by atoms with Crippen LogP contribution in [0, 0.1) is 83.1 Å². The second-order valence-corrected chi connectivity index (χ2v) is 18.3. The van der Waals surface area contributed by atoms with E-state index in [1.54, 1.807) is 0 Å². The Morgan fingerprint density at radius 2 is 0.415 bits per heavy atom. The molecule has 0 radical (unpaired) electrons. The zero-order chi connectivity index (χ0) is 37.7. The highest BCUT2D eigenvalue weighted by Gasteiger charge is 2.61. The van der Waals surface area contributed by atoms with Gasteiger partial charge in [-0.25, -0.2) is 0 Å². The molecule has 2 aliphatic heterocycles. The molecule has 0 fully saturated rings. The summed E-state index contributed by atoms with van der Waals surface area (Å²) in [6.07, 6.45) is 0. The van der Waals surface area contributed by atoms with Crippen LogP contribution in [0.2, 0.25) is 0 Å². The van der Waals surface area contributed by atoms with Gasteiger partial charge in [0.15, 0.2) is 0 Å². The maximum Gasteiger partial charge on any atom is 0.102 e. The first-order valence-electron chi connectivity index (χ1n) is 18.8. The first kappa shape index (κ1) is 34.9. The standard InChI is InChI=1S/C48H52N4S/c1-29-13-30(2)18-41(17-29)49-45-25-37(9)38(10)26-46(45)50(42-19-31(3)14-32(4)20-42)53(49)51(43-21-33(5)15-34(6)22-43)47-27-39(11)40(12)28-48(47)52(53)44-23-35(7)16-36(8)24-44/h13-28H,1-12H3. The van der Waals surface area contributed by atoms with E-state index < -0.39 is 10.8 Å². The quantitative estimate of drug-likeness (QED) is 0.180. The third-order valence-electron chi connectivity index (χ3n) is 10.8. The van der Waals surface area contributed by atoms with Gasteiger partial charge in [-0.15, -0.1) is 0 Å². The zero-order valence-corrected chi connectivity index (χ0v) is 34.3. The molecule has 2 heterocycles. The lowest BCUT2D eigenvalue weighted by Gasteiger charge is -2.57. The molecule has 4 nitrogen and oxygen atoms in total. The van der Waals surface area contributed by atoms with E-state index in [2.05, 4.69) is 197 Å². The Bertz CT molecular complexity index is 2050. The molecule has 6 aromatic carbocycles. The van der Waals surface area contributed by atoms with Gasteiger partial charge in [0.05, 0.1) is 45.5 Å². The molecule has 0 saturated heterocycles. The van der Waals surface area contributed by atoms with Gasteiger partial charge in [-0.05, 0) is 223 Å². The SMILES string of the molecule is Cc1cc(C)cc(N2c3cc(C)c(C)cc3N(c3cc(C)cc(C)c3)S23N(c2cc(C)cc(C)c2)c2cc(C)c(C)cc2N3c2cc(C)cc(C)c2)c1. The Kier molecular flexibility index (Phi) is 8.23. The number of benzene rings is 6. The molecule has 0 bridgehead atoms. The van der Waals surface area contributed by atoms with Crippen molar-refractivity contribution in [1.29, 1.82) is 0 Å². The smallest absolute Gasteiger partial charge is 0.102 e. The van der Waals surface area contributed by atoms with Gasteiger partial charge in [0.1, 0.15) is 10.8 Å². The molecule has 6 aromatic rings. The van der Waals surface area contributed by atoms with Gasteiger partial charge >= 0.3 is 0 Å². The molecule has 8 rings (SSSR count). The van der Waals surface area contributed by atoms with Crippen molar-refractivity contribution in [2.45, 2.75) is 83.1 Å². The first-order chi connectivity index (χ1) is 25.1. The van der Waals surface area contributed by atoms with Crippen molar-refractivity contribution in [3.05, 3.63) is 164 Å². The highest BCUT2D eigenvalue weighted by atomic mass is 32.3. The fourth-order valence-electron chi connectivity index (χ4n) is 8.63. The van der Waals surface area contributed by atoms with E-state index >= 15 is 0 Å². The number of rotatable bonds is 4. The summed E-state index contributed by atoms with van der Waals surface area (Å²) in [5, 5.41) is 0. The lowest BCUT2D eigenvalue weighted by molar-refractivity contribution is 1.28.